The van der Waals surface area contributed by atoms with Crippen molar-refractivity contribution in [2.45, 2.75) is 82.3 Å². The molecule has 4 N–H and O–H groups in total. The summed E-state index contributed by atoms with van der Waals surface area (Å²) in [5.74, 6) is 0.492. The fourth-order valence-electron chi connectivity index (χ4n) is 5.91. The molecule has 1 saturated heterocycles. The molecule has 42 heavy (non-hydrogen) atoms. The molecule has 3 aromatic heterocycles. The van der Waals surface area contributed by atoms with Gasteiger partial charge in [-0.3, -0.25) is 9.78 Å². The number of anilines is 2. The molecule has 1 amide bonds. The lowest BCUT2D eigenvalue weighted by Crippen LogP contribution is -2.41. The topological polar surface area (TPSA) is 143 Å². The number of nitrogens with one attached hydrogen (secondary N) is 2. The Morgan fingerprint density at radius 3 is 2.55 bits per heavy atom. The maximum Gasteiger partial charge on any atom is 0.281 e. The quantitative estimate of drug-likeness (QED) is 0.405. The molecule has 0 spiro atoms. The minimum atomic E-state index is -4.27. The smallest absolute Gasteiger partial charge is 0.281 e. The number of aromatic nitrogens is 3. The fourth-order valence-corrected chi connectivity index (χ4v) is 6.84. The van der Waals surface area contributed by atoms with Gasteiger partial charge in [-0.1, -0.05) is 32.9 Å². The van der Waals surface area contributed by atoms with Crippen molar-refractivity contribution in [1.29, 1.82) is 0 Å². The van der Waals surface area contributed by atoms with Gasteiger partial charge in [-0.2, -0.15) is 8.42 Å². The Balaban J connectivity index is 1.60. The van der Waals surface area contributed by atoms with Crippen LogP contribution in [0.4, 0.5) is 11.6 Å². The second kappa shape index (κ2) is 11.3. The van der Waals surface area contributed by atoms with E-state index in [2.05, 4.69) is 54.5 Å². The lowest BCUT2D eigenvalue weighted by molar-refractivity contribution is 0.0981. The van der Waals surface area contributed by atoms with Gasteiger partial charge in [-0.05, 0) is 87.9 Å². The van der Waals surface area contributed by atoms with E-state index in [0.29, 0.717) is 30.6 Å². The van der Waals surface area contributed by atoms with Crippen LogP contribution >= 0.6 is 0 Å². The Morgan fingerprint density at radius 2 is 1.86 bits per heavy atom. The molecular weight excluding hydrogens is 550 g/mol. The summed E-state index contributed by atoms with van der Waals surface area (Å²) >= 11 is 0. The SMILES string of the molecule is CC(C)(C)c1ccc2c(n1)N1C[C@@H](CCC(c3ccc(CCN)cn3)Nc3cccc(n3)S(=O)(=O)NC2=O)CC1(C)C. The van der Waals surface area contributed by atoms with Crippen molar-refractivity contribution in [2.75, 3.05) is 23.3 Å². The number of fused-ring (bicyclic) bond motifs is 6. The van der Waals surface area contributed by atoms with Crippen LogP contribution in [0.25, 0.3) is 0 Å². The van der Waals surface area contributed by atoms with Crippen LogP contribution < -0.4 is 20.7 Å². The molecule has 0 aliphatic carbocycles. The van der Waals surface area contributed by atoms with Gasteiger partial charge < -0.3 is 16.0 Å². The lowest BCUT2D eigenvalue weighted by atomic mass is 9.90. The molecule has 4 bridgehead atoms. The van der Waals surface area contributed by atoms with Crippen LogP contribution in [0.1, 0.15) is 87.2 Å². The molecule has 2 atom stereocenters. The second-order valence-corrected chi connectivity index (χ2v) is 14.6. The summed E-state index contributed by atoms with van der Waals surface area (Å²) in [6.07, 6.45) is 5.15. The van der Waals surface area contributed by atoms with Crippen LogP contribution in [-0.2, 0) is 21.9 Å². The molecule has 0 saturated carbocycles. The van der Waals surface area contributed by atoms with Crippen molar-refractivity contribution in [3.63, 3.8) is 0 Å². The van der Waals surface area contributed by atoms with E-state index < -0.39 is 15.9 Å². The first kappa shape index (κ1) is 29.9. The van der Waals surface area contributed by atoms with Crippen molar-refractivity contribution in [3.8, 4) is 0 Å². The van der Waals surface area contributed by atoms with Crippen LogP contribution in [0, 0.1) is 5.92 Å². The van der Waals surface area contributed by atoms with Gasteiger partial charge in [0.2, 0.25) is 0 Å². The number of amides is 1. The lowest BCUT2D eigenvalue weighted by Gasteiger charge is -2.34. The summed E-state index contributed by atoms with van der Waals surface area (Å²) in [5.41, 5.74) is 8.14. The fraction of sp³-hybridized carbons (Fsp3) is 0.484. The van der Waals surface area contributed by atoms with E-state index in [0.717, 1.165) is 42.6 Å². The van der Waals surface area contributed by atoms with Crippen LogP contribution in [-0.4, -0.2) is 47.9 Å². The average Bonchev–Trinajstić information content (AvgIpc) is 3.24. The molecule has 0 radical (unpaired) electrons. The third-order valence-electron chi connectivity index (χ3n) is 8.15. The zero-order valence-electron chi connectivity index (χ0n) is 25.0. The first-order chi connectivity index (χ1) is 19.8. The van der Waals surface area contributed by atoms with Gasteiger partial charge >= 0.3 is 0 Å². The Labute approximate surface area is 248 Å². The molecule has 0 aromatic carbocycles. The van der Waals surface area contributed by atoms with Crippen LogP contribution in [0.5, 0.6) is 0 Å². The number of hydrogen-bond donors (Lipinski definition) is 3. The van der Waals surface area contributed by atoms with E-state index in [1.807, 2.05) is 18.3 Å². The third kappa shape index (κ3) is 6.27. The number of rotatable bonds is 3. The predicted octanol–water partition coefficient (Wildman–Crippen LogP) is 4.34. The first-order valence-electron chi connectivity index (χ1n) is 14.5. The average molecular weight is 592 g/mol. The molecule has 5 rings (SSSR count). The van der Waals surface area contributed by atoms with Gasteiger partial charge in [0.15, 0.2) is 5.03 Å². The molecule has 1 fully saturated rings. The molecule has 224 valence electrons. The molecule has 3 aromatic rings. The highest BCUT2D eigenvalue weighted by Gasteiger charge is 2.41. The summed E-state index contributed by atoms with van der Waals surface area (Å²) in [7, 11) is -4.27. The van der Waals surface area contributed by atoms with Gasteiger partial charge in [0, 0.05) is 29.4 Å². The van der Waals surface area contributed by atoms with Crippen molar-refractivity contribution in [2.24, 2.45) is 11.7 Å². The molecule has 1 unspecified atom stereocenters. The second-order valence-electron chi connectivity index (χ2n) is 13.0. The zero-order chi connectivity index (χ0) is 30.3. The summed E-state index contributed by atoms with van der Waals surface area (Å²) in [4.78, 5) is 29.9. The minimum Gasteiger partial charge on any atom is -0.362 e. The minimum absolute atomic E-state index is 0.197. The summed E-state index contributed by atoms with van der Waals surface area (Å²) in [6, 6.07) is 12.0. The number of nitrogens with two attached hydrogens (primary N) is 1. The number of nitrogens with zero attached hydrogens (tertiary/aromatic N) is 4. The van der Waals surface area contributed by atoms with Crippen molar-refractivity contribution in [3.05, 3.63) is 71.2 Å². The van der Waals surface area contributed by atoms with Crippen molar-refractivity contribution < 1.29 is 13.2 Å². The molecular formula is C31H41N7O3S. The predicted molar refractivity (Wildman–Crippen MR) is 164 cm³/mol. The standard InChI is InChI=1S/C31H41N7O3S/c1-30(2,3)25-14-11-22-28(35-25)38-19-21(17-31(38,4)5)10-13-24(23-12-9-20(15-16-32)18-33-23)34-26-7-6-8-27(36-26)42(40,41)37-29(22)39/h6-9,11-12,14,18,21,24H,10,13,15-17,19,32H2,1-5H3,(H,34,36)(H,37,39)/t21-,24?/m0/s1. The highest BCUT2D eigenvalue weighted by atomic mass is 32.2. The maximum absolute atomic E-state index is 13.6. The number of sulfonamides is 1. The van der Waals surface area contributed by atoms with E-state index in [-0.39, 0.29) is 27.6 Å². The number of pyridine rings is 3. The first-order valence-corrected chi connectivity index (χ1v) is 16.0. The van der Waals surface area contributed by atoms with Gasteiger partial charge in [-0.15, -0.1) is 0 Å². The normalized spacial score (nSPS) is 21.9. The number of carbonyl (C=O) groups excluding carboxylic acids is 1. The monoisotopic (exact) mass is 591 g/mol. The molecule has 5 heterocycles. The van der Waals surface area contributed by atoms with E-state index in [4.69, 9.17) is 15.7 Å². The Morgan fingerprint density at radius 1 is 1.07 bits per heavy atom. The highest BCUT2D eigenvalue weighted by molar-refractivity contribution is 7.90. The molecule has 2 aliphatic rings. The maximum atomic E-state index is 13.6. The Hall–Kier alpha value is -3.57. The molecule has 10 nitrogen and oxygen atoms in total. The van der Waals surface area contributed by atoms with Crippen LogP contribution in [0.3, 0.4) is 0 Å². The van der Waals surface area contributed by atoms with Gasteiger partial charge in [0.25, 0.3) is 15.9 Å². The van der Waals surface area contributed by atoms with Gasteiger partial charge in [0.05, 0.1) is 17.3 Å². The van der Waals surface area contributed by atoms with Gasteiger partial charge in [0.1, 0.15) is 11.6 Å². The van der Waals surface area contributed by atoms with Crippen molar-refractivity contribution in [1.82, 2.24) is 19.7 Å². The van der Waals surface area contributed by atoms with E-state index in [1.165, 1.54) is 6.07 Å². The highest BCUT2D eigenvalue weighted by Crippen LogP contribution is 2.41. The van der Waals surface area contributed by atoms with E-state index in [9.17, 15) is 13.2 Å². The summed E-state index contributed by atoms with van der Waals surface area (Å²) in [6.45, 7) is 11.8. The summed E-state index contributed by atoms with van der Waals surface area (Å²) in [5, 5.41) is 3.18. The summed E-state index contributed by atoms with van der Waals surface area (Å²) < 4.78 is 29.1. The number of hydrogen-bond acceptors (Lipinski definition) is 9. The van der Waals surface area contributed by atoms with Crippen molar-refractivity contribution >= 4 is 27.6 Å². The Kier molecular flexibility index (Phi) is 8.02. The number of carbonyl (C=O) groups is 1. The van der Waals surface area contributed by atoms with Crippen LogP contribution in [0.15, 0.2) is 53.7 Å². The van der Waals surface area contributed by atoms with Gasteiger partial charge in [-0.25, -0.2) is 14.7 Å². The Bertz CT molecular complexity index is 1570. The third-order valence-corrected chi connectivity index (χ3v) is 9.38. The molecule has 11 heteroatoms. The largest absolute Gasteiger partial charge is 0.362 e. The van der Waals surface area contributed by atoms with Crippen LogP contribution in [0.2, 0.25) is 0 Å². The zero-order valence-corrected chi connectivity index (χ0v) is 25.8. The van der Waals surface area contributed by atoms with E-state index in [1.54, 1.807) is 24.3 Å². The van der Waals surface area contributed by atoms with E-state index >= 15 is 0 Å². The molecule has 2 aliphatic heterocycles.